The van der Waals surface area contributed by atoms with Crippen LogP contribution in [0.2, 0.25) is 0 Å². The summed E-state index contributed by atoms with van der Waals surface area (Å²) < 4.78 is 0. The highest BCUT2D eigenvalue weighted by atomic mass is 32.1. The van der Waals surface area contributed by atoms with E-state index in [1.807, 2.05) is 12.1 Å². The van der Waals surface area contributed by atoms with Gasteiger partial charge in [-0.05, 0) is 6.92 Å². The smallest absolute Gasteiger partial charge is 0.267 e. The topological polar surface area (TPSA) is 107 Å². The van der Waals surface area contributed by atoms with Gasteiger partial charge in [0, 0.05) is 0 Å². The number of nitrogen functional groups attached to an aromatic ring is 1. The number of aryl methyl sites for hydroxylation is 1. The van der Waals surface area contributed by atoms with E-state index < -0.39 is 0 Å². The van der Waals surface area contributed by atoms with Gasteiger partial charge in [-0.25, -0.2) is 4.98 Å². The number of amides is 1. The minimum atomic E-state index is -0.380. The summed E-state index contributed by atoms with van der Waals surface area (Å²) in [7, 11) is 0. The SMILES string of the molecule is Cc1nc(N)sc1C(=O)N(CC#N)CC#N. The van der Waals surface area contributed by atoms with Gasteiger partial charge in [0.25, 0.3) is 5.91 Å². The number of hydrogen-bond donors (Lipinski definition) is 1. The van der Waals surface area contributed by atoms with Crippen LogP contribution in [0.4, 0.5) is 5.13 Å². The van der Waals surface area contributed by atoms with E-state index in [1.54, 1.807) is 6.92 Å². The van der Waals surface area contributed by atoms with Crippen molar-refractivity contribution in [2.45, 2.75) is 6.92 Å². The monoisotopic (exact) mass is 235 g/mol. The molecule has 1 aromatic rings. The fourth-order valence-corrected chi connectivity index (χ4v) is 1.93. The molecule has 82 valence electrons. The second kappa shape index (κ2) is 5.10. The van der Waals surface area contributed by atoms with Crippen molar-refractivity contribution in [3.8, 4) is 12.1 Å². The number of nitrogens with zero attached hydrogens (tertiary/aromatic N) is 4. The molecule has 2 N–H and O–H groups in total. The van der Waals surface area contributed by atoms with Crippen molar-refractivity contribution in [1.29, 1.82) is 10.5 Å². The Kier molecular flexibility index (Phi) is 3.81. The first-order chi connectivity index (χ1) is 7.60. The highest BCUT2D eigenvalue weighted by molar-refractivity contribution is 7.17. The van der Waals surface area contributed by atoms with Crippen LogP contribution in [0, 0.1) is 29.6 Å². The van der Waals surface area contributed by atoms with E-state index in [1.165, 1.54) is 0 Å². The van der Waals surface area contributed by atoms with Crippen molar-refractivity contribution in [1.82, 2.24) is 9.88 Å². The van der Waals surface area contributed by atoms with Crippen LogP contribution in [-0.4, -0.2) is 28.9 Å². The third-order valence-electron chi connectivity index (χ3n) is 1.82. The standard InChI is InChI=1S/C9H9N5OS/c1-6-7(16-9(12)13-6)8(15)14(4-2-10)5-3-11/h4-5H2,1H3,(H2,12,13). The molecule has 0 spiro atoms. The van der Waals surface area contributed by atoms with Gasteiger partial charge >= 0.3 is 0 Å². The Balaban J connectivity index is 2.96. The molecular formula is C9H9N5OS. The molecule has 0 fully saturated rings. The maximum Gasteiger partial charge on any atom is 0.267 e. The highest BCUT2D eigenvalue weighted by Crippen LogP contribution is 2.21. The molecule has 1 amide bonds. The summed E-state index contributed by atoms with van der Waals surface area (Å²) in [5.41, 5.74) is 5.99. The largest absolute Gasteiger partial charge is 0.375 e. The predicted octanol–water partition coefficient (Wildman–Crippen LogP) is 0.523. The number of carbonyl (C=O) groups is 1. The lowest BCUT2D eigenvalue weighted by Crippen LogP contribution is -2.31. The van der Waals surface area contributed by atoms with Crippen molar-refractivity contribution in [3.63, 3.8) is 0 Å². The number of nitriles is 2. The Labute approximate surface area is 96.5 Å². The molecule has 0 saturated carbocycles. The number of thiazole rings is 1. The van der Waals surface area contributed by atoms with Crippen LogP contribution in [0.5, 0.6) is 0 Å². The maximum absolute atomic E-state index is 11.9. The minimum Gasteiger partial charge on any atom is -0.375 e. The number of nitrogens with two attached hydrogens (primary N) is 1. The average Bonchev–Trinajstić information content (AvgIpc) is 2.56. The number of rotatable bonds is 3. The Morgan fingerprint density at radius 2 is 2.06 bits per heavy atom. The molecule has 6 nitrogen and oxygen atoms in total. The van der Waals surface area contributed by atoms with Crippen LogP contribution in [0.25, 0.3) is 0 Å². The molecule has 0 aliphatic rings. The van der Waals surface area contributed by atoms with Crippen molar-refractivity contribution < 1.29 is 4.79 Å². The normalized spacial score (nSPS) is 9.19. The van der Waals surface area contributed by atoms with E-state index >= 15 is 0 Å². The van der Waals surface area contributed by atoms with Gasteiger partial charge in [-0.1, -0.05) is 11.3 Å². The van der Waals surface area contributed by atoms with Gasteiger partial charge in [0.2, 0.25) is 0 Å². The van der Waals surface area contributed by atoms with Gasteiger partial charge in [0.05, 0.1) is 17.8 Å². The molecule has 0 bridgehead atoms. The second-order valence-corrected chi connectivity index (χ2v) is 3.97. The molecule has 0 radical (unpaired) electrons. The molecule has 0 unspecified atom stereocenters. The molecule has 0 aliphatic carbocycles. The van der Waals surface area contributed by atoms with Crippen LogP contribution in [0.3, 0.4) is 0 Å². The Morgan fingerprint density at radius 3 is 2.44 bits per heavy atom. The summed E-state index contributed by atoms with van der Waals surface area (Å²) >= 11 is 1.06. The third-order valence-corrected chi connectivity index (χ3v) is 2.79. The Bertz CT molecular complexity index is 465. The summed E-state index contributed by atoms with van der Waals surface area (Å²) in [5.74, 6) is -0.380. The molecule has 1 heterocycles. The van der Waals surface area contributed by atoms with Crippen LogP contribution in [-0.2, 0) is 0 Å². The Hall–Kier alpha value is -2.12. The zero-order valence-corrected chi connectivity index (χ0v) is 9.41. The number of aromatic nitrogens is 1. The van der Waals surface area contributed by atoms with E-state index in [9.17, 15) is 4.79 Å². The first kappa shape index (κ1) is 12.0. The molecule has 16 heavy (non-hydrogen) atoms. The van der Waals surface area contributed by atoms with Gasteiger partial charge in [-0.15, -0.1) is 0 Å². The zero-order valence-electron chi connectivity index (χ0n) is 8.60. The first-order valence-corrected chi connectivity index (χ1v) is 5.18. The van der Waals surface area contributed by atoms with Gasteiger partial charge in [-0.3, -0.25) is 4.79 Å². The first-order valence-electron chi connectivity index (χ1n) is 4.36. The molecule has 0 saturated heterocycles. The molecule has 0 aliphatic heterocycles. The maximum atomic E-state index is 11.9. The summed E-state index contributed by atoms with van der Waals surface area (Å²) in [6.45, 7) is 1.42. The summed E-state index contributed by atoms with van der Waals surface area (Å²) in [4.78, 5) is 17.3. The van der Waals surface area contributed by atoms with Crippen molar-refractivity contribution >= 4 is 22.4 Å². The van der Waals surface area contributed by atoms with Crippen molar-refractivity contribution in [2.75, 3.05) is 18.8 Å². The number of hydrogen-bond acceptors (Lipinski definition) is 6. The fraction of sp³-hybridized carbons (Fsp3) is 0.333. The van der Waals surface area contributed by atoms with E-state index in [2.05, 4.69) is 4.98 Å². The second-order valence-electron chi connectivity index (χ2n) is 2.94. The molecule has 7 heteroatoms. The van der Waals surface area contributed by atoms with Crippen LogP contribution in [0.15, 0.2) is 0 Å². The third kappa shape index (κ3) is 2.47. The number of anilines is 1. The van der Waals surface area contributed by atoms with Crippen molar-refractivity contribution in [2.24, 2.45) is 0 Å². The van der Waals surface area contributed by atoms with Gasteiger partial charge in [-0.2, -0.15) is 10.5 Å². The van der Waals surface area contributed by atoms with Gasteiger partial charge < -0.3 is 10.6 Å². The predicted molar refractivity (Wildman–Crippen MR) is 58.4 cm³/mol. The number of carbonyl (C=O) groups excluding carboxylic acids is 1. The quantitative estimate of drug-likeness (QED) is 0.768. The molecule has 0 aromatic carbocycles. The minimum absolute atomic E-state index is 0.121. The molecule has 1 aromatic heterocycles. The lowest BCUT2D eigenvalue weighted by Gasteiger charge is -2.14. The van der Waals surface area contributed by atoms with Crippen LogP contribution in [0.1, 0.15) is 15.4 Å². The van der Waals surface area contributed by atoms with Crippen molar-refractivity contribution in [3.05, 3.63) is 10.6 Å². The van der Waals surface area contributed by atoms with Gasteiger partial charge in [0.15, 0.2) is 5.13 Å². The summed E-state index contributed by atoms with van der Waals surface area (Å²) in [5, 5.41) is 17.4. The summed E-state index contributed by atoms with van der Waals surface area (Å²) in [6, 6.07) is 3.67. The lowest BCUT2D eigenvalue weighted by atomic mass is 10.3. The lowest BCUT2D eigenvalue weighted by molar-refractivity contribution is 0.0798. The van der Waals surface area contributed by atoms with Gasteiger partial charge in [0.1, 0.15) is 18.0 Å². The molecule has 0 atom stereocenters. The molecular weight excluding hydrogens is 226 g/mol. The summed E-state index contributed by atoms with van der Waals surface area (Å²) in [6.07, 6.45) is 0. The van der Waals surface area contributed by atoms with Crippen LogP contribution >= 0.6 is 11.3 Å². The van der Waals surface area contributed by atoms with Crippen LogP contribution < -0.4 is 5.73 Å². The zero-order chi connectivity index (χ0) is 12.1. The Morgan fingerprint density at radius 1 is 1.50 bits per heavy atom. The van der Waals surface area contributed by atoms with E-state index in [4.69, 9.17) is 16.3 Å². The molecule has 1 rings (SSSR count). The fourth-order valence-electron chi connectivity index (χ4n) is 1.13. The van der Waals surface area contributed by atoms with E-state index in [-0.39, 0.29) is 19.0 Å². The van der Waals surface area contributed by atoms with E-state index in [0.717, 1.165) is 16.2 Å². The average molecular weight is 235 g/mol. The highest BCUT2D eigenvalue weighted by Gasteiger charge is 2.20. The van der Waals surface area contributed by atoms with E-state index in [0.29, 0.717) is 15.7 Å².